The number of allylic oxidation sites excluding steroid dienone is 2. The van der Waals surface area contributed by atoms with E-state index in [9.17, 15) is 0 Å². The second-order valence-corrected chi connectivity index (χ2v) is 8.32. The van der Waals surface area contributed by atoms with Crippen molar-refractivity contribution in [3.63, 3.8) is 0 Å². The van der Waals surface area contributed by atoms with E-state index >= 15 is 0 Å². The molecule has 32 heavy (non-hydrogen) atoms. The molecule has 0 saturated heterocycles. The Balaban J connectivity index is 0.000000509. The number of hydrogen-bond donors (Lipinski definition) is 0. The summed E-state index contributed by atoms with van der Waals surface area (Å²) in [6, 6.07) is 32.0. The summed E-state index contributed by atoms with van der Waals surface area (Å²) in [5.41, 5.74) is 6.68. The molecule has 4 aromatic carbocycles. The molecule has 1 unspecified atom stereocenters. The van der Waals surface area contributed by atoms with Crippen LogP contribution < -0.4 is 0 Å². The number of fused-ring (bicyclic) bond motifs is 2. The molecule has 1 atom stereocenters. The summed E-state index contributed by atoms with van der Waals surface area (Å²) in [7, 11) is 1.08. The van der Waals surface area contributed by atoms with Crippen LogP contribution in [0.5, 0.6) is 0 Å². The molecular weight excluding hydrogens is 567 g/mol. The fraction of sp³-hybridized carbons (Fsp3) is 0.167. The van der Waals surface area contributed by atoms with Crippen molar-refractivity contribution >= 4 is 25.9 Å². The molecule has 1 aliphatic rings. The standard InChI is InChI=1S/C15H11.C11H11.C2H6Si.2CH3.Hf/c1-2-6-12(7-3-1)15-10-13-8-4-5-9-14(13)11-15;1-8-7-9(2)11-6-4-3-5-10(8)11;1-3-2;;;/h1-11H;3-6,8H,1-2H3;1-2H3;2*1H3;/q2*-1;;2*-1;+4. The van der Waals surface area contributed by atoms with Gasteiger partial charge in [-0.3, -0.25) is 6.08 Å². The third-order valence-electron chi connectivity index (χ3n) is 4.99. The minimum Gasteiger partial charge on any atom is -0.358 e. The second-order valence-electron chi connectivity index (χ2n) is 7.32. The van der Waals surface area contributed by atoms with Gasteiger partial charge in [-0.2, -0.15) is 5.56 Å². The van der Waals surface area contributed by atoms with Gasteiger partial charge in [0.05, 0.1) is 0 Å². The van der Waals surface area contributed by atoms with Gasteiger partial charge in [0.2, 0.25) is 0 Å². The average molecular weight is 601 g/mol. The molecule has 2 heteroatoms. The van der Waals surface area contributed by atoms with Gasteiger partial charge in [-0.05, 0) is 0 Å². The van der Waals surface area contributed by atoms with Gasteiger partial charge in [-0.1, -0.05) is 105 Å². The zero-order valence-corrected chi connectivity index (χ0v) is 24.8. The Morgan fingerprint density at radius 1 is 0.812 bits per heavy atom. The number of benzene rings is 3. The Morgan fingerprint density at radius 3 is 2.00 bits per heavy atom. The van der Waals surface area contributed by atoms with Crippen LogP contribution in [0.3, 0.4) is 0 Å². The van der Waals surface area contributed by atoms with Crippen LogP contribution in [0, 0.1) is 20.9 Å². The van der Waals surface area contributed by atoms with Crippen molar-refractivity contribution in [2.45, 2.75) is 32.9 Å². The quantitative estimate of drug-likeness (QED) is 0.151. The Hall–Kier alpha value is -1.90. The second kappa shape index (κ2) is 15.0. The molecule has 0 amide bonds. The summed E-state index contributed by atoms with van der Waals surface area (Å²) in [5.74, 6) is 0.492. The van der Waals surface area contributed by atoms with Gasteiger partial charge in [-0.25, -0.2) is 5.57 Å². The van der Waals surface area contributed by atoms with E-state index in [0.717, 1.165) is 9.52 Å². The summed E-state index contributed by atoms with van der Waals surface area (Å²) >= 11 is 0. The number of hydrogen-bond acceptors (Lipinski definition) is 0. The van der Waals surface area contributed by atoms with Crippen molar-refractivity contribution in [3.8, 4) is 11.1 Å². The summed E-state index contributed by atoms with van der Waals surface area (Å²) in [5, 5.41) is 2.63. The summed E-state index contributed by atoms with van der Waals surface area (Å²) in [6.45, 7) is 8.62. The minimum atomic E-state index is 0. The Bertz CT molecular complexity index is 1040. The molecule has 5 rings (SSSR count). The van der Waals surface area contributed by atoms with Gasteiger partial charge in [0.1, 0.15) is 0 Å². The van der Waals surface area contributed by atoms with Crippen molar-refractivity contribution in [2.75, 3.05) is 0 Å². The van der Waals surface area contributed by atoms with Crippen LogP contribution in [0.25, 0.3) is 27.5 Å². The normalized spacial score (nSPS) is 12.9. The first-order valence-electron chi connectivity index (χ1n) is 10.1. The first-order valence-corrected chi connectivity index (χ1v) is 12.1. The van der Waals surface area contributed by atoms with Crippen molar-refractivity contribution in [3.05, 3.63) is 123 Å². The van der Waals surface area contributed by atoms with Crippen molar-refractivity contribution < 1.29 is 25.8 Å². The van der Waals surface area contributed by atoms with E-state index < -0.39 is 0 Å². The maximum absolute atomic E-state index is 3.40. The van der Waals surface area contributed by atoms with Crippen molar-refractivity contribution in [2.24, 2.45) is 0 Å². The Kier molecular flexibility index (Phi) is 14.1. The largest absolute Gasteiger partial charge is 4.00 e. The number of rotatable bonds is 1. The van der Waals surface area contributed by atoms with E-state index in [1.807, 2.05) is 6.07 Å². The van der Waals surface area contributed by atoms with Gasteiger partial charge >= 0.3 is 25.8 Å². The maximum Gasteiger partial charge on any atom is 4.00 e. The van der Waals surface area contributed by atoms with Crippen LogP contribution >= 0.6 is 0 Å². The molecule has 0 saturated carbocycles. The summed E-state index contributed by atoms with van der Waals surface area (Å²) in [4.78, 5) is 0. The van der Waals surface area contributed by atoms with Crippen LogP contribution in [0.15, 0.2) is 91.0 Å². The smallest absolute Gasteiger partial charge is 0.358 e. The third-order valence-corrected chi connectivity index (χ3v) is 4.99. The molecule has 0 aliphatic heterocycles. The Morgan fingerprint density at radius 2 is 1.38 bits per heavy atom. The first kappa shape index (κ1) is 30.1. The molecular formula is C30H34HfSi. The van der Waals surface area contributed by atoms with Gasteiger partial charge in [0.15, 0.2) is 0 Å². The van der Waals surface area contributed by atoms with Gasteiger partial charge < -0.3 is 14.9 Å². The van der Waals surface area contributed by atoms with Gasteiger partial charge in [-0.15, -0.1) is 46.2 Å². The Labute approximate surface area is 217 Å². The van der Waals surface area contributed by atoms with Crippen LogP contribution in [-0.2, 0) is 25.8 Å². The molecule has 0 aromatic heterocycles. The van der Waals surface area contributed by atoms with Gasteiger partial charge in [0, 0.05) is 9.52 Å². The zero-order valence-electron chi connectivity index (χ0n) is 20.2. The fourth-order valence-corrected chi connectivity index (χ4v) is 3.64. The zero-order chi connectivity index (χ0) is 20.6. The van der Waals surface area contributed by atoms with Crippen LogP contribution in [0.2, 0.25) is 13.1 Å². The molecule has 1 aliphatic carbocycles. The molecule has 2 radical (unpaired) electrons. The van der Waals surface area contributed by atoms with Crippen molar-refractivity contribution in [1.82, 2.24) is 0 Å². The summed E-state index contributed by atoms with van der Waals surface area (Å²) in [6.07, 6.45) is 3.40. The molecule has 0 bridgehead atoms. The molecule has 0 heterocycles. The topological polar surface area (TPSA) is 0 Å². The maximum atomic E-state index is 3.40. The molecule has 162 valence electrons. The molecule has 0 nitrogen and oxygen atoms in total. The van der Waals surface area contributed by atoms with E-state index in [-0.39, 0.29) is 40.7 Å². The van der Waals surface area contributed by atoms with E-state index in [1.54, 1.807) is 0 Å². The molecule has 4 aromatic rings. The predicted molar refractivity (Wildman–Crippen MR) is 142 cm³/mol. The average Bonchev–Trinajstić information content (AvgIpc) is 3.31. The predicted octanol–water partition coefficient (Wildman–Crippen LogP) is 8.92. The summed E-state index contributed by atoms with van der Waals surface area (Å²) < 4.78 is 0. The van der Waals surface area contributed by atoms with E-state index in [1.165, 1.54) is 38.6 Å². The van der Waals surface area contributed by atoms with Crippen LogP contribution in [0.1, 0.15) is 30.9 Å². The first-order chi connectivity index (χ1) is 14.1. The third kappa shape index (κ3) is 7.60. The molecule has 0 N–H and O–H groups in total. The van der Waals surface area contributed by atoms with E-state index in [0.29, 0.717) is 5.92 Å². The van der Waals surface area contributed by atoms with Crippen LogP contribution in [-0.4, -0.2) is 9.52 Å². The van der Waals surface area contributed by atoms with Crippen LogP contribution in [0.4, 0.5) is 0 Å². The van der Waals surface area contributed by atoms with Gasteiger partial charge in [0.25, 0.3) is 0 Å². The monoisotopic (exact) mass is 602 g/mol. The van der Waals surface area contributed by atoms with E-state index in [4.69, 9.17) is 0 Å². The SMILES string of the molecule is CC1=[C-]C(C)c2ccccc21.C[Si]C.[CH3-].[CH3-].[Hf+4].c1ccc(-c2cc3ccccc3[cH-]2)cc1. The molecule has 0 spiro atoms. The minimum absolute atomic E-state index is 0. The fourth-order valence-electron chi connectivity index (χ4n) is 3.64. The van der Waals surface area contributed by atoms with Crippen molar-refractivity contribution in [1.29, 1.82) is 0 Å². The van der Waals surface area contributed by atoms with E-state index in [2.05, 4.69) is 118 Å². The molecule has 0 fully saturated rings.